The Balaban J connectivity index is 2.70. The number of carbonyl (C=O) groups excluding carboxylic acids is 1. The highest BCUT2D eigenvalue weighted by Gasteiger charge is 2.26. The van der Waals surface area contributed by atoms with E-state index in [0.717, 1.165) is 11.8 Å². The van der Waals surface area contributed by atoms with E-state index in [1.54, 1.807) is 13.2 Å². The number of amides is 1. The van der Waals surface area contributed by atoms with Crippen LogP contribution in [0.4, 0.5) is 0 Å². The molecule has 0 aliphatic rings. The lowest BCUT2D eigenvalue weighted by Crippen LogP contribution is -2.44. The van der Waals surface area contributed by atoms with Crippen LogP contribution in [-0.4, -0.2) is 29.5 Å². The zero-order valence-electron chi connectivity index (χ0n) is 11.8. The number of hydrogen-bond acceptors (Lipinski definition) is 4. The fraction of sp³-hybridized carbons (Fsp3) is 0.692. The van der Waals surface area contributed by atoms with Crippen molar-refractivity contribution in [2.75, 3.05) is 12.4 Å². The molecule has 1 atom stereocenters. The van der Waals surface area contributed by atoms with Crippen LogP contribution in [0.2, 0.25) is 0 Å². The van der Waals surface area contributed by atoms with Gasteiger partial charge in [0.25, 0.3) is 5.91 Å². The Morgan fingerprint density at radius 2 is 2.26 bits per heavy atom. The van der Waals surface area contributed by atoms with E-state index in [1.807, 2.05) is 0 Å². The number of hydrogen-bond donors (Lipinski definition) is 1. The number of rotatable bonds is 6. The molecule has 1 unspecified atom stereocenters. The van der Waals surface area contributed by atoms with Crippen LogP contribution >= 0.6 is 15.9 Å². The highest BCUT2D eigenvalue weighted by atomic mass is 79.9. The van der Waals surface area contributed by atoms with Gasteiger partial charge in [0.05, 0.1) is 0 Å². The Bertz CT molecular complexity index is 412. The average Bonchev–Trinajstić information content (AvgIpc) is 2.76. The number of ether oxygens (including phenoxy) is 1. The minimum Gasteiger partial charge on any atom is -0.377 e. The van der Waals surface area contributed by atoms with Gasteiger partial charge in [0.1, 0.15) is 6.61 Å². The van der Waals surface area contributed by atoms with Crippen LogP contribution in [0.1, 0.15) is 43.4 Å². The third-order valence-electron chi connectivity index (χ3n) is 2.83. The average molecular weight is 333 g/mol. The summed E-state index contributed by atoms with van der Waals surface area (Å²) in [7, 11) is 1.56. The van der Waals surface area contributed by atoms with E-state index in [0.29, 0.717) is 12.4 Å². The molecule has 108 valence electrons. The Morgan fingerprint density at radius 1 is 1.58 bits per heavy atom. The quantitative estimate of drug-likeness (QED) is 0.813. The summed E-state index contributed by atoms with van der Waals surface area (Å²) in [5.74, 6) is 0.326. The topological polar surface area (TPSA) is 64.4 Å². The van der Waals surface area contributed by atoms with E-state index < -0.39 is 0 Å². The van der Waals surface area contributed by atoms with Gasteiger partial charge in [-0.3, -0.25) is 4.79 Å². The second kappa shape index (κ2) is 7.05. The number of carbonyl (C=O) groups is 1. The molecule has 0 aliphatic carbocycles. The second-order valence-electron chi connectivity index (χ2n) is 5.48. The van der Waals surface area contributed by atoms with Crippen molar-refractivity contribution in [3.05, 3.63) is 17.5 Å². The molecule has 1 heterocycles. The van der Waals surface area contributed by atoms with Crippen LogP contribution in [0.3, 0.4) is 0 Å². The first kappa shape index (κ1) is 16.2. The van der Waals surface area contributed by atoms with Crippen molar-refractivity contribution in [2.45, 2.75) is 39.8 Å². The lowest BCUT2D eigenvalue weighted by Gasteiger charge is -2.30. The fourth-order valence-electron chi connectivity index (χ4n) is 1.69. The first-order valence-electron chi connectivity index (χ1n) is 6.20. The molecule has 1 N–H and O–H groups in total. The van der Waals surface area contributed by atoms with Gasteiger partial charge in [-0.2, -0.15) is 0 Å². The summed E-state index contributed by atoms with van der Waals surface area (Å²) in [6.45, 7) is 6.60. The maximum absolute atomic E-state index is 12.1. The molecular weight excluding hydrogens is 312 g/mol. The molecule has 0 saturated heterocycles. The van der Waals surface area contributed by atoms with Crippen LogP contribution in [0.25, 0.3) is 0 Å². The van der Waals surface area contributed by atoms with Gasteiger partial charge in [0, 0.05) is 24.5 Å². The van der Waals surface area contributed by atoms with Crippen molar-refractivity contribution < 1.29 is 14.1 Å². The van der Waals surface area contributed by atoms with Crippen LogP contribution < -0.4 is 5.32 Å². The van der Waals surface area contributed by atoms with Gasteiger partial charge in [-0.05, 0) is 11.8 Å². The van der Waals surface area contributed by atoms with Gasteiger partial charge < -0.3 is 14.6 Å². The van der Waals surface area contributed by atoms with Gasteiger partial charge >= 0.3 is 0 Å². The van der Waals surface area contributed by atoms with Crippen LogP contribution in [-0.2, 0) is 11.3 Å². The number of aromatic nitrogens is 1. The highest BCUT2D eigenvalue weighted by Crippen LogP contribution is 2.22. The summed E-state index contributed by atoms with van der Waals surface area (Å²) >= 11 is 3.41. The molecule has 1 aromatic heterocycles. The predicted octanol–water partition coefficient (Wildman–Crippen LogP) is 2.75. The minimum atomic E-state index is -0.216. The third kappa shape index (κ3) is 4.95. The van der Waals surface area contributed by atoms with Crippen molar-refractivity contribution in [1.29, 1.82) is 0 Å². The number of methoxy groups -OCH3 is 1. The Morgan fingerprint density at radius 3 is 2.79 bits per heavy atom. The Hall–Kier alpha value is -0.880. The lowest BCUT2D eigenvalue weighted by molar-refractivity contribution is 0.0891. The first-order chi connectivity index (χ1) is 8.88. The first-order valence-corrected chi connectivity index (χ1v) is 7.32. The molecule has 0 bridgehead atoms. The van der Waals surface area contributed by atoms with Gasteiger partial charge in [-0.1, -0.05) is 41.9 Å². The van der Waals surface area contributed by atoms with Gasteiger partial charge in [-0.25, -0.2) is 0 Å². The van der Waals surface area contributed by atoms with Crippen molar-refractivity contribution in [1.82, 2.24) is 10.5 Å². The van der Waals surface area contributed by atoms with Crippen LogP contribution in [0.5, 0.6) is 0 Å². The molecule has 0 fully saturated rings. The number of alkyl halides is 1. The molecule has 1 aromatic rings. The van der Waals surface area contributed by atoms with Gasteiger partial charge in [0.15, 0.2) is 11.5 Å². The van der Waals surface area contributed by atoms with Crippen molar-refractivity contribution >= 4 is 21.8 Å². The molecule has 19 heavy (non-hydrogen) atoms. The van der Waals surface area contributed by atoms with E-state index in [4.69, 9.17) is 9.26 Å². The van der Waals surface area contributed by atoms with Gasteiger partial charge in [-0.15, -0.1) is 0 Å². The van der Waals surface area contributed by atoms with E-state index >= 15 is 0 Å². The molecule has 0 aliphatic heterocycles. The van der Waals surface area contributed by atoms with E-state index in [-0.39, 0.29) is 23.1 Å². The summed E-state index contributed by atoms with van der Waals surface area (Å²) in [4.78, 5) is 12.1. The minimum absolute atomic E-state index is 0.0114. The second-order valence-corrected chi connectivity index (χ2v) is 6.27. The summed E-state index contributed by atoms with van der Waals surface area (Å²) < 4.78 is 9.93. The third-order valence-corrected chi connectivity index (χ3v) is 3.28. The molecule has 0 saturated carbocycles. The van der Waals surface area contributed by atoms with Crippen LogP contribution in [0, 0.1) is 5.41 Å². The number of halogens is 1. The van der Waals surface area contributed by atoms with Crippen molar-refractivity contribution in [3.8, 4) is 0 Å². The van der Waals surface area contributed by atoms with Crippen molar-refractivity contribution in [3.63, 3.8) is 0 Å². The molecule has 0 radical (unpaired) electrons. The maximum atomic E-state index is 12.1. The zero-order chi connectivity index (χ0) is 14.5. The molecule has 6 heteroatoms. The van der Waals surface area contributed by atoms with E-state index in [2.05, 4.69) is 47.2 Å². The predicted molar refractivity (Wildman–Crippen MR) is 76.3 cm³/mol. The van der Waals surface area contributed by atoms with E-state index in [1.165, 1.54) is 0 Å². The molecule has 0 spiro atoms. The summed E-state index contributed by atoms with van der Waals surface area (Å²) in [6.07, 6.45) is 0.859. The fourth-order valence-corrected chi connectivity index (χ4v) is 2.15. The Labute approximate surface area is 122 Å². The normalized spacial score (nSPS) is 13.3. The maximum Gasteiger partial charge on any atom is 0.273 e. The smallest absolute Gasteiger partial charge is 0.273 e. The molecule has 5 nitrogen and oxygen atoms in total. The standard InChI is InChI=1S/C13H21BrN2O3/c1-13(2,3)11(5-6-14)15-12(17)10-7-9(8-18-4)19-16-10/h7,11H,5-6,8H2,1-4H3,(H,15,17). The number of nitrogens with one attached hydrogen (secondary N) is 1. The van der Waals surface area contributed by atoms with E-state index in [9.17, 15) is 4.79 Å². The Kier molecular flexibility index (Phi) is 6.00. The highest BCUT2D eigenvalue weighted by molar-refractivity contribution is 9.09. The van der Waals surface area contributed by atoms with Crippen molar-refractivity contribution in [2.24, 2.45) is 5.41 Å². The molecule has 1 amide bonds. The SMILES string of the molecule is COCc1cc(C(=O)NC(CCBr)C(C)(C)C)no1. The summed E-state index contributed by atoms with van der Waals surface area (Å²) in [5.41, 5.74) is 0.276. The molecule has 1 rings (SSSR count). The monoisotopic (exact) mass is 332 g/mol. The lowest BCUT2D eigenvalue weighted by atomic mass is 9.85. The molecule has 0 aromatic carbocycles. The van der Waals surface area contributed by atoms with Crippen LogP contribution in [0.15, 0.2) is 10.6 Å². The zero-order valence-corrected chi connectivity index (χ0v) is 13.4. The summed E-state index contributed by atoms with van der Waals surface area (Å²) in [6, 6.07) is 1.68. The molecular formula is C13H21BrN2O3. The van der Waals surface area contributed by atoms with Gasteiger partial charge in [0.2, 0.25) is 0 Å². The largest absolute Gasteiger partial charge is 0.377 e. The number of nitrogens with zero attached hydrogens (tertiary/aromatic N) is 1. The summed E-state index contributed by atoms with van der Waals surface area (Å²) in [5, 5.41) is 7.58.